The molecule has 3 rings (SSSR count). The van der Waals surface area contributed by atoms with E-state index in [9.17, 15) is 9.59 Å². The van der Waals surface area contributed by atoms with Crippen LogP contribution in [0.1, 0.15) is 26.0 Å². The van der Waals surface area contributed by atoms with Crippen molar-refractivity contribution in [2.75, 3.05) is 20.1 Å². The Morgan fingerprint density at radius 1 is 1.38 bits per heavy atom. The Labute approximate surface area is 153 Å². The molecule has 1 aliphatic heterocycles. The van der Waals surface area contributed by atoms with E-state index in [0.717, 1.165) is 5.56 Å². The molecule has 1 fully saturated rings. The lowest BCUT2D eigenvalue weighted by atomic mass is 10.1. The number of amides is 2. The predicted molar refractivity (Wildman–Crippen MR) is 95.7 cm³/mol. The van der Waals surface area contributed by atoms with Gasteiger partial charge in [-0.05, 0) is 18.1 Å². The van der Waals surface area contributed by atoms with Gasteiger partial charge in [0.15, 0.2) is 5.76 Å². The van der Waals surface area contributed by atoms with Crippen LogP contribution in [0.15, 0.2) is 35.1 Å². The molecule has 7 heteroatoms. The lowest BCUT2D eigenvalue weighted by Crippen LogP contribution is -2.35. The van der Waals surface area contributed by atoms with Crippen LogP contribution in [0, 0.1) is 11.8 Å². The van der Waals surface area contributed by atoms with Crippen LogP contribution in [0.4, 0.5) is 0 Å². The van der Waals surface area contributed by atoms with Crippen molar-refractivity contribution >= 4 is 11.8 Å². The lowest BCUT2D eigenvalue weighted by Gasteiger charge is -2.21. The topological polar surface area (TPSA) is 79.5 Å². The van der Waals surface area contributed by atoms with Crippen LogP contribution in [0.3, 0.4) is 0 Å². The van der Waals surface area contributed by atoms with E-state index in [1.165, 1.54) is 0 Å². The molecule has 1 saturated heterocycles. The molecule has 2 aromatic rings. The number of rotatable bonds is 6. The molecule has 1 aliphatic rings. The zero-order chi connectivity index (χ0) is 18.7. The highest BCUT2D eigenvalue weighted by Crippen LogP contribution is 2.23. The number of pyridine rings is 1. The van der Waals surface area contributed by atoms with E-state index >= 15 is 0 Å². The first-order chi connectivity index (χ1) is 12.4. The van der Waals surface area contributed by atoms with Gasteiger partial charge in [0.2, 0.25) is 11.8 Å². The average Bonchev–Trinajstić information content (AvgIpc) is 3.22. The Morgan fingerprint density at radius 2 is 2.12 bits per heavy atom. The minimum Gasteiger partial charge on any atom is -0.359 e. The highest BCUT2D eigenvalue weighted by molar-refractivity contribution is 5.89. The molecule has 7 nitrogen and oxygen atoms in total. The molecular formula is C19H24N4O3. The van der Waals surface area contributed by atoms with Crippen molar-refractivity contribution in [1.29, 1.82) is 0 Å². The number of carbonyl (C=O) groups excluding carboxylic acids is 2. The van der Waals surface area contributed by atoms with Crippen LogP contribution in [0.25, 0.3) is 11.3 Å². The maximum atomic E-state index is 12.7. The molecule has 0 unspecified atom stereocenters. The Morgan fingerprint density at radius 3 is 2.81 bits per heavy atom. The van der Waals surface area contributed by atoms with Gasteiger partial charge >= 0.3 is 0 Å². The van der Waals surface area contributed by atoms with Crippen molar-refractivity contribution in [3.05, 3.63) is 36.4 Å². The maximum absolute atomic E-state index is 12.7. The number of carbonyl (C=O) groups is 2. The molecule has 0 bridgehead atoms. The van der Waals surface area contributed by atoms with Crippen molar-refractivity contribution in [3.8, 4) is 11.3 Å². The summed E-state index contributed by atoms with van der Waals surface area (Å²) < 4.78 is 5.36. The third-order valence-electron chi connectivity index (χ3n) is 4.45. The highest BCUT2D eigenvalue weighted by Gasteiger charge is 2.35. The fourth-order valence-corrected chi connectivity index (χ4v) is 3.22. The van der Waals surface area contributed by atoms with Gasteiger partial charge in [-0.3, -0.25) is 14.6 Å². The number of hydrogen-bond acceptors (Lipinski definition) is 5. The highest BCUT2D eigenvalue weighted by atomic mass is 16.5. The molecule has 138 valence electrons. The van der Waals surface area contributed by atoms with Crippen LogP contribution in [-0.4, -0.2) is 51.9 Å². The predicted octanol–water partition coefficient (Wildman–Crippen LogP) is 2.20. The van der Waals surface area contributed by atoms with Gasteiger partial charge in [-0.1, -0.05) is 19.0 Å². The number of aromatic nitrogens is 2. The molecule has 0 N–H and O–H groups in total. The Bertz CT molecular complexity index is 772. The summed E-state index contributed by atoms with van der Waals surface area (Å²) in [7, 11) is 1.73. The molecule has 0 aromatic carbocycles. The second-order valence-corrected chi connectivity index (χ2v) is 7.20. The van der Waals surface area contributed by atoms with Crippen LogP contribution in [0.5, 0.6) is 0 Å². The van der Waals surface area contributed by atoms with Crippen LogP contribution in [0.2, 0.25) is 0 Å². The van der Waals surface area contributed by atoms with Gasteiger partial charge in [0.1, 0.15) is 5.69 Å². The molecule has 0 saturated carbocycles. The summed E-state index contributed by atoms with van der Waals surface area (Å²) in [6, 6.07) is 5.53. The van der Waals surface area contributed by atoms with Gasteiger partial charge in [0, 0.05) is 50.6 Å². The first-order valence-corrected chi connectivity index (χ1v) is 8.82. The van der Waals surface area contributed by atoms with Crippen molar-refractivity contribution in [3.63, 3.8) is 0 Å². The largest absolute Gasteiger partial charge is 0.359 e. The number of likely N-dealkylation sites (tertiary alicyclic amines) is 1. The van der Waals surface area contributed by atoms with Gasteiger partial charge in [-0.15, -0.1) is 0 Å². The Kier molecular flexibility index (Phi) is 5.35. The number of hydrogen-bond donors (Lipinski definition) is 0. The maximum Gasteiger partial charge on any atom is 0.228 e. The zero-order valence-electron chi connectivity index (χ0n) is 15.4. The van der Waals surface area contributed by atoms with E-state index in [-0.39, 0.29) is 24.2 Å². The molecule has 0 spiro atoms. The van der Waals surface area contributed by atoms with Crippen molar-refractivity contribution in [2.24, 2.45) is 11.8 Å². The van der Waals surface area contributed by atoms with Gasteiger partial charge < -0.3 is 14.3 Å². The summed E-state index contributed by atoms with van der Waals surface area (Å²) in [6.45, 7) is 5.66. The average molecular weight is 356 g/mol. The van der Waals surface area contributed by atoms with Crippen molar-refractivity contribution < 1.29 is 14.1 Å². The summed E-state index contributed by atoms with van der Waals surface area (Å²) in [6.07, 6.45) is 3.67. The van der Waals surface area contributed by atoms with E-state index in [1.807, 2.05) is 18.2 Å². The fraction of sp³-hybridized carbons (Fsp3) is 0.474. The second-order valence-electron chi connectivity index (χ2n) is 7.20. The summed E-state index contributed by atoms with van der Waals surface area (Å²) in [5, 5.41) is 4.05. The standard InChI is InChI=1S/C19H24N4O3/c1-13(2)10-23-11-15(8-18(23)24)19(25)22(3)12-16-9-17(21-26-16)14-4-6-20-7-5-14/h4-7,9,13,15H,8,10-12H2,1-3H3/t15-/m0/s1. The first kappa shape index (κ1) is 18.1. The Hall–Kier alpha value is -2.70. The smallest absolute Gasteiger partial charge is 0.228 e. The molecule has 1 atom stereocenters. The first-order valence-electron chi connectivity index (χ1n) is 8.82. The summed E-state index contributed by atoms with van der Waals surface area (Å²) in [5.74, 6) is 0.743. The van der Waals surface area contributed by atoms with Crippen molar-refractivity contribution in [1.82, 2.24) is 19.9 Å². The molecule has 26 heavy (non-hydrogen) atoms. The summed E-state index contributed by atoms with van der Waals surface area (Å²) in [4.78, 5) is 32.1. The minimum absolute atomic E-state index is 0.0357. The SMILES string of the molecule is CC(C)CN1C[C@@H](C(=O)N(C)Cc2cc(-c3ccncc3)no2)CC1=O. The molecule has 0 radical (unpaired) electrons. The molecule has 2 amide bonds. The second kappa shape index (κ2) is 7.68. The normalized spacial score (nSPS) is 17.2. The Balaban J connectivity index is 1.60. The van der Waals surface area contributed by atoms with E-state index in [0.29, 0.717) is 37.0 Å². The monoisotopic (exact) mass is 356 g/mol. The van der Waals surface area contributed by atoms with Crippen LogP contribution in [-0.2, 0) is 16.1 Å². The van der Waals surface area contributed by atoms with Crippen molar-refractivity contribution in [2.45, 2.75) is 26.8 Å². The van der Waals surface area contributed by atoms with E-state index in [2.05, 4.69) is 24.0 Å². The quantitative estimate of drug-likeness (QED) is 0.793. The molecule has 0 aliphatic carbocycles. The molecule has 2 aromatic heterocycles. The van der Waals surface area contributed by atoms with Crippen LogP contribution >= 0.6 is 0 Å². The lowest BCUT2D eigenvalue weighted by molar-refractivity contribution is -0.135. The van der Waals surface area contributed by atoms with E-state index < -0.39 is 0 Å². The zero-order valence-corrected chi connectivity index (χ0v) is 15.4. The minimum atomic E-state index is -0.283. The van der Waals surface area contributed by atoms with Crippen LogP contribution < -0.4 is 0 Å². The van der Waals surface area contributed by atoms with Gasteiger partial charge in [0.25, 0.3) is 0 Å². The van der Waals surface area contributed by atoms with E-state index in [4.69, 9.17) is 4.52 Å². The van der Waals surface area contributed by atoms with Gasteiger partial charge in [-0.2, -0.15) is 0 Å². The van der Waals surface area contributed by atoms with Gasteiger partial charge in [0.05, 0.1) is 12.5 Å². The third kappa shape index (κ3) is 4.09. The third-order valence-corrected chi connectivity index (χ3v) is 4.45. The summed E-state index contributed by atoms with van der Waals surface area (Å²) in [5.41, 5.74) is 1.62. The fourth-order valence-electron chi connectivity index (χ4n) is 3.22. The molecular weight excluding hydrogens is 332 g/mol. The summed E-state index contributed by atoms with van der Waals surface area (Å²) >= 11 is 0. The number of nitrogens with zero attached hydrogens (tertiary/aromatic N) is 4. The van der Waals surface area contributed by atoms with Gasteiger partial charge in [-0.25, -0.2) is 0 Å². The molecule has 3 heterocycles. The van der Waals surface area contributed by atoms with E-state index in [1.54, 1.807) is 29.2 Å².